The van der Waals surface area contributed by atoms with Crippen LogP contribution in [0.2, 0.25) is 0 Å². The van der Waals surface area contributed by atoms with Gasteiger partial charge in [-0.3, -0.25) is 5.26 Å². The van der Waals surface area contributed by atoms with Gasteiger partial charge in [0.05, 0.1) is 0 Å². The fraction of sp³-hybridized carbons (Fsp3) is 0.130. The summed E-state index contributed by atoms with van der Waals surface area (Å²) in [6.07, 6.45) is 3.34. The summed E-state index contributed by atoms with van der Waals surface area (Å²) in [6.45, 7) is 4.12. The SMILES string of the molecule is Cc1ccc(-c2ccc(/C=C/C(OO)c3ccc(C)cc3)cc2)cc1. The number of aryl methyl sites for hydroxylation is 2. The van der Waals surface area contributed by atoms with Gasteiger partial charge < -0.3 is 0 Å². The molecular formula is C23H22O2. The maximum Gasteiger partial charge on any atom is 0.136 e. The Morgan fingerprint density at radius 3 is 1.72 bits per heavy atom. The molecule has 0 fully saturated rings. The summed E-state index contributed by atoms with van der Waals surface area (Å²) >= 11 is 0. The fourth-order valence-corrected chi connectivity index (χ4v) is 2.69. The van der Waals surface area contributed by atoms with Crippen molar-refractivity contribution in [2.45, 2.75) is 20.0 Å². The second-order valence-corrected chi connectivity index (χ2v) is 6.28. The predicted molar refractivity (Wildman–Crippen MR) is 103 cm³/mol. The second-order valence-electron chi connectivity index (χ2n) is 6.28. The first-order valence-corrected chi connectivity index (χ1v) is 8.38. The van der Waals surface area contributed by atoms with Crippen LogP contribution in [0.3, 0.4) is 0 Å². The Balaban J connectivity index is 1.74. The molecule has 25 heavy (non-hydrogen) atoms. The first-order chi connectivity index (χ1) is 12.2. The van der Waals surface area contributed by atoms with E-state index in [9.17, 15) is 5.26 Å². The summed E-state index contributed by atoms with van der Waals surface area (Å²) in [5, 5.41) is 9.19. The van der Waals surface area contributed by atoms with Crippen molar-refractivity contribution in [3.05, 3.63) is 101 Å². The molecule has 3 aromatic rings. The molecule has 0 saturated carbocycles. The second kappa shape index (κ2) is 7.93. The van der Waals surface area contributed by atoms with Crippen LogP contribution in [0.5, 0.6) is 0 Å². The number of benzene rings is 3. The van der Waals surface area contributed by atoms with Gasteiger partial charge in [0.15, 0.2) is 0 Å². The molecule has 2 nitrogen and oxygen atoms in total. The van der Waals surface area contributed by atoms with Crippen molar-refractivity contribution in [2.24, 2.45) is 0 Å². The lowest BCUT2D eigenvalue weighted by Gasteiger charge is -2.09. The van der Waals surface area contributed by atoms with E-state index in [1.54, 1.807) is 0 Å². The standard InChI is InChI=1S/C23H22O2/c1-17-3-10-20(11-4-17)21-14-7-19(8-15-21)9-16-23(25-24)22-12-5-18(2)6-13-22/h3-16,23-24H,1-2H3/b16-9+. The number of hydrogen-bond acceptors (Lipinski definition) is 2. The molecule has 0 aliphatic carbocycles. The average Bonchev–Trinajstić information content (AvgIpc) is 2.65. The molecule has 1 N–H and O–H groups in total. The fourth-order valence-electron chi connectivity index (χ4n) is 2.69. The van der Waals surface area contributed by atoms with Crippen molar-refractivity contribution in [1.82, 2.24) is 0 Å². The van der Waals surface area contributed by atoms with Gasteiger partial charge in [0.25, 0.3) is 0 Å². The largest absolute Gasteiger partial charge is 0.251 e. The topological polar surface area (TPSA) is 29.5 Å². The Labute approximate surface area is 149 Å². The molecule has 0 saturated heterocycles. The highest BCUT2D eigenvalue weighted by molar-refractivity contribution is 5.66. The zero-order valence-electron chi connectivity index (χ0n) is 14.5. The molecule has 1 unspecified atom stereocenters. The molecule has 0 aromatic heterocycles. The summed E-state index contributed by atoms with van der Waals surface area (Å²) in [5.74, 6) is 0. The average molecular weight is 330 g/mol. The third-order valence-electron chi connectivity index (χ3n) is 4.28. The van der Waals surface area contributed by atoms with E-state index < -0.39 is 6.10 Å². The Kier molecular flexibility index (Phi) is 5.44. The summed E-state index contributed by atoms with van der Waals surface area (Å²) in [4.78, 5) is 4.62. The van der Waals surface area contributed by atoms with Crippen LogP contribution in [0.15, 0.2) is 78.9 Å². The molecule has 0 bridgehead atoms. The van der Waals surface area contributed by atoms with Gasteiger partial charge in [-0.2, -0.15) is 0 Å². The highest BCUT2D eigenvalue weighted by Crippen LogP contribution is 2.23. The van der Waals surface area contributed by atoms with E-state index >= 15 is 0 Å². The minimum atomic E-state index is -0.475. The van der Waals surface area contributed by atoms with E-state index in [1.165, 1.54) is 22.3 Å². The molecule has 126 valence electrons. The van der Waals surface area contributed by atoms with Gasteiger partial charge in [-0.1, -0.05) is 90.0 Å². The number of hydrogen-bond donors (Lipinski definition) is 1. The van der Waals surface area contributed by atoms with Crippen LogP contribution in [0.4, 0.5) is 0 Å². The minimum Gasteiger partial charge on any atom is -0.251 e. The molecule has 0 heterocycles. The van der Waals surface area contributed by atoms with E-state index in [0.717, 1.165) is 11.1 Å². The quantitative estimate of drug-likeness (QED) is 0.445. The minimum absolute atomic E-state index is 0.475. The van der Waals surface area contributed by atoms with Crippen LogP contribution in [-0.4, -0.2) is 5.26 Å². The monoisotopic (exact) mass is 330 g/mol. The predicted octanol–water partition coefficient (Wildman–Crippen LogP) is 6.21. The highest BCUT2D eigenvalue weighted by Gasteiger charge is 2.07. The van der Waals surface area contributed by atoms with Crippen LogP contribution in [0.25, 0.3) is 17.2 Å². The highest BCUT2D eigenvalue weighted by atomic mass is 17.1. The van der Waals surface area contributed by atoms with E-state index in [-0.39, 0.29) is 0 Å². The van der Waals surface area contributed by atoms with Crippen molar-refractivity contribution in [2.75, 3.05) is 0 Å². The molecule has 0 radical (unpaired) electrons. The third-order valence-corrected chi connectivity index (χ3v) is 4.28. The van der Waals surface area contributed by atoms with E-state index in [0.29, 0.717) is 0 Å². The van der Waals surface area contributed by atoms with Gasteiger partial charge in [-0.25, -0.2) is 4.89 Å². The van der Waals surface area contributed by atoms with Crippen molar-refractivity contribution < 1.29 is 10.1 Å². The van der Waals surface area contributed by atoms with Gasteiger partial charge in [-0.15, -0.1) is 0 Å². The lowest BCUT2D eigenvalue weighted by molar-refractivity contribution is -0.268. The lowest BCUT2D eigenvalue weighted by atomic mass is 10.0. The first-order valence-electron chi connectivity index (χ1n) is 8.38. The van der Waals surface area contributed by atoms with Crippen LogP contribution in [0.1, 0.15) is 28.4 Å². The van der Waals surface area contributed by atoms with Gasteiger partial charge in [-0.05, 0) is 42.2 Å². The molecule has 1 atom stereocenters. The van der Waals surface area contributed by atoms with Crippen molar-refractivity contribution in [3.8, 4) is 11.1 Å². The summed E-state index contributed by atoms with van der Waals surface area (Å²) in [6, 6.07) is 24.8. The molecule has 0 amide bonds. The third kappa shape index (κ3) is 4.44. The van der Waals surface area contributed by atoms with Crippen molar-refractivity contribution in [3.63, 3.8) is 0 Å². The van der Waals surface area contributed by atoms with Crippen LogP contribution in [0, 0.1) is 13.8 Å². The zero-order valence-corrected chi connectivity index (χ0v) is 14.5. The number of rotatable bonds is 5. The summed E-state index contributed by atoms with van der Waals surface area (Å²) in [5.41, 5.74) is 6.80. The van der Waals surface area contributed by atoms with Gasteiger partial charge in [0, 0.05) is 0 Å². The van der Waals surface area contributed by atoms with Gasteiger partial charge >= 0.3 is 0 Å². The molecule has 3 rings (SSSR count). The Hall–Kier alpha value is -2.68. The molecular weight excluding hydrogens is 308 g/mol. The lowest BCUT2D eigenvalue weighted by Crippen LogP contribution is -1.97. The normalized spacial score (nSPS) is 12.4. The smallest absolute Gasteiger partial charge is 0.136 e. The maximum atomic E-state index is 9.19. The molecule has 0 aliphatic heterocycles. The van der Waals surface area contributed by atoms with Crippen LogP contribution < -0.4 is 0 Å². The maximum absolute atomic E-state index is 9.19. The van der Waals surface area contributed by atoms with Crippen LogP contribution >= 0.6 is 0 Å². The Morgan fingerprint density at radius 1 is 0.720 bits per heavy atom. The van der Waals surface area contributed by atoms with Crippen molar-refractivity contribution >= 4 is 6.08 Å². The van der Waals surface area contributed by atoms with Gasteiger partial charge in [0.1, 0.15) is 6.10 Å². The Bertz CT molecular complexity index is 829. The van der Waals surface area contributed by atoms with E-state index in [1.807, 2.05) is 43.3 Å². The van der Waals surface area contributed by atoms with Gasteiger partial charge in [0.2, 0.25) is 0 Å². The molecule has 0 spiro atoms. The van der Waals surface area contributed by atoms with Crippen LogP contribution in [-0.2, 0) is 4.89 Å². The summed E-state index contributed by atoms with van der Waals surface area (Å²) in [7, 11) is 0. The van der Waals surface area contributed by atoms with Crippen molar-refractivity contribution in [1.29, 1.82) is 0 Å². The summed E-state index contributed by atoms with van der Waals surface area (Å²) < 4.78 is 0. The van der Waals surface area contributed by atoms with E-state index in [4.69, 9.17) is 0 Å². The Morgan fingerprint density at radius 2 is 1.20 bits per heavy atom. The zero-order chi connectivity index (χ0) is 17.6. The molecule has 3 aromatic carbocycles. The molecule has 0 aliphatic rings. The first kappa shape index (κ1) is 17.2. The molecule has 2 heteroatoms. The van der Waals surface area contributed by atoms with E-state index in [2.05, 4.69) is 60.3 Å².